The lowest BCUT2D eigenvalue weighted by Gasteiger charge is -2.67. The third-order valence-corrected chi connectivity index (χ3v) is 148. The van der Waals surface area contributed by atoms with Crippen molar-refractivity contribution in [3.05, 3.63) is 0 Å². The summed E-state index contributed by atoms with van der Waals surface area (Å²) >= 11 is 0. The molecule has 4 rings (SSSR count). The van der Waals surface area contributed by atoms with Gasteiger partial charge in [0.15, 0.2) is 0 Å². The van der Waals surface area contributed by atoms with Crippen LogP contribution in [0.4, 0.5) is 0 Å². The van der Waals surface area contributed by atoms with Crippen LogP contribution < -0.4 is 0 Å². The molecule has 0 aromatic heterocycles. The molecule has 61 heavy (non-hydrogen) atoms. The molecule has 0 N–H and O–H groups in total. The highest BCUT2D eigenvalue weighted by atomic mass is 30.2. The zero-order chi connectivity index (χ0) is 47.8. The molecular formula is C28H84O16Si17. The van der Waals surface area contributed by atoms with E-state index in [1.165, 1.54) is 0 Å². The van der Waals surface area contributed by atoms with Gasteiger partial charge in [-0.3, -0.25) is 0 Å². The molecule has 33 heteroatoms. The molecule has 0 aromatic rings. The molecule has 360 valence electrons. The Morgan fingerprint density at radius 3 is 0.328 bits per heavy atom. The quantitative estimate of drug-likeness (QED) is 0.247. The molecule has 0 amide bonds. The fraction of sp³-hybridized carbons (Fsp3) is 1.00. The zero-order valence-electron chi connectivity index (χ0n) is 43.0. The summed E-state index contributed by atoms with van der Waals surface area (Å²) in [4.78, 5) is 0. The van der Waals surface area contributed by atoms with E-state index in [9.17, 15) is 0 Å². The molecule has 4 aliphatic rings. The van der Waals surface area contributed by atoms with Crippen LogP contribution >= 0.6 is 0 Å². The van der Waals surface area contributed by atoms with E-state index in [0.717, 1.165) is 0 Å². The second-order valence-corrected chi connectivity index (χ2v) is 108. The fourth-order valence-corrected chi connectivity index (χ4v) is 220. The highest BCUT2D eigenvalue weighted by Crippen LogP contribution is 2.55. The Labute approximate surface area is 387 Å². The van der Waals surface area contributed by atoms with Crippen LogP contribution in [-0.4, -0.2) is 141 Å². The van der Waals surface area contributed by atoms with Crippen LogP contribution in [0.15, 0.2) is 0 Å². The summed E-state index contributed by atoms with van der Waals surface area (Å²) in [6, 6.07) is 0. The maximum atomic E-state index is 8.09. The molecule has 0 aliphatic carbocycles. The van der Waals surface area contributed by atoms with Gasteiger partial charge in [0.1, 0.15) is 0 Å². The molecule has 16 nitrogen and oxygen atoms in total. The Morgan fingerprint density at radius 1 is 0.148 bits per heavy atom. The van der Waals surface area contributed by atoms with Crippen LogP contribution in [0.5, 0.6) is 0 Å². The average Bonchev–Trinajstić information content (AvgIpc) is 2.74. The van der Waals surface area contributed by atoms with Crippen molar-refractivity contribution in [1.82, 2.24) is 0 Å². The maximum Gasteiger partial charge on any atom is 0.314 e. The summed E-state index contributed by atoms with van der Waals surface area (Å²) in [6.45, 7) is 59.0. The Hall–Kier alpha value is 3.05. The zero-order valence-corrected chi connectivity index (χ0v) is 60.0. The summed E-state index contributed by atoms with van der Waals surface area (Å²) in [5, 5.41) is 0. The van der Waals surface area contributed by atoms with Crippen LogP contribution in [0.1, 0.15) is 0 Å². The van der Waals surface area contributed by atoms with Crippen molar-refractivity contribution in [2.75, 3.05) is 0 Å². The van der Waals surface area contributed by atoms with E-state index in [4.69, 9.17) is 65.8 Å². The van der Waals surface area contributed by atoms with Gasteiger partial charge in [0.05, 0.1) is 0 Å². The summed E-state index contributed by atoms with van der Waals surface area (Å²) in [5.41, 5.74) is 0. The summed E-state index contributed by atoms with van der Waals surface area (Å²) in [5.74, 6) is 0. The molecule has 0 atom stereocenters. The van der Waals surface area contributed by atoms with E-state index in [2.05, 4.69) is 183 Å². The Kier molecular flexibility index (Phi) is 15.4. The Morgan fingerprint density at radius 2 is 0.230 bits per heavy atom. The molecule has 4 saturated heterocycles. The van der Waals surface area contributed by atoms with Gasteiger partial charge in [-0.1, -0.05) is 0 Å². The largest absolute Gasteiger partial charge is 0.418 e. The van der Waals surface area contributed by atoms with Crippen molar-refractivity contribution >= 4 is 141 Å². The lowest BCUT2D eigenvalue weighted by Crippen LogP contribution is -3.04. The first-order valence-electron chi connectivity index (χ1n) is 21.5. The first kappa shape index (κ1) is 56.6. The predicted molar refractivity (Wildman–Crippen MR) is 279 cm³/mol. The van der Waals surface area contributed by atoms with Crippen LogP contribution in [0.2, 0.25) is 183 Å². The molecule has 0 spiro atoms. The molecule has 0 radical (unpaired) electrons. The molecule has 0 aromatic carbocycles. The topological polar surface area (TPSA) is 148 Å². The predicted octanol–water partition coefficient (Wildman–Crippen LogP) is 8.78. The van der Waals surface area contributed by atoms with E-state index in [1.54, 1.807) is 0 Å². The summed E-state index contributed by atoms with van der Waals surface area (Å²) in [7, 11) is -53.1. The van der Waals surface area contributed by atoms with E-state index in [1.807, 2.05) is 0 Å². The molecule has 4 fully saturated rings. The van der Waals surface area contributed by atoms with Gasteiger partial charge >= 0.3 is 135 Å². The SMILES string of the molecule is C[Si]1(C)O[Si](C)(C)O[Si](C)([Si]([Si]2(C)O[Si](C)(C)O[Si](C)(C)O[Si](C)(C)O2)([Si]2(C)O[Si](C)(C)O[Si](C)(C)O[Si](C)(C)O2)[Si]2(C)O[Si](C)(C)O[Si](C)(C)O[Si](C)(C)O2)O[Si](C)(C)O1. The van der Waals surface area contributed by atoms with Crippen LogP contribution in [0.3, 0.4) is 0 Å². The van der Waals surface area contributed by atoms with Gasteiger partial charge in [0.25, 0.3) is 6.14 Å². The van der Waals surface area contributed by atoms with Gasteiger partial charge in [0.2, 0.25) is 0 Å². The van der Waals surface area contributed by atoms with Gasteiger partial charge in [-0.25, -0.2) is 0 Å². The van der Waals surface area contributed by atoms with Gasteiger partial charge in [0, 0.05) is 0 Å². The smallest absolute Gasteiger partial charge is 0.314 e. The number of rotatable bonds is 4. The lowest BCUT2D eigenvalue weighted by molar-refractivity contribution is 0.233. The maximum absolute atomic E-state index is 8.09. The Bertz CT molecular complexity index is 1330. The minimum absolute atomic E-state index is 2.08. The standard InChI is InChI=1S/C28H84O16Si17/c1-45(2)29-49(9,10)37-57(25,38-50(11,12)30-45)61(58(26)39-51(13,14)31-46(3,4)32-52(15,16)40-58,59(27)41-53(17,18)33-47(5,6)34-54(19,20)42-59)60(28)43-55(21,22)35-48(7,8)36-56(23,24)44-60/h1-28H3. The van der Waals surface area contributed by atoms with Crippen molar-refractivity contribution < 1.29 is 65.8 Å². The van der Waals surface area contributed by atoms with E-state index >= 15 is 0 Å². The number of hydrogen-bond donors (Lipinski definition) is 0. The summed E-state index contributed by atoms with van der Waals surface area (Å²) < 4.78 is 122. The minimum Gasteiger partial charge on any atom is -0.418 e. The Balaban J connectivity index is 2.44. The second kappa shape index (κ2) is 16.6. The summed E-state index contributed by atoms with van der Waals surface area (Å²) in [6.07, 6.45) is -4.33. The minimum atomic E-state index is -4.33. The van der Waals surface area contributed by atoms with Crippen LogP contribution in [-0.2, 0) is 65.8 Å². The molecular weight excluding hydrogens is 1070 g/mol. The van der Waals surface area contributed by atoms with Crippen molar-refractivity contribution in [3.8, 4) is 0 Å². The van der Waals surface area contributed by atoms with E-state index in [-0.39, 0.29) is 0 Å². The van der Waals surface area contributed by atoms with E-state index < -0.39 is 141 Å². The van der Waals surface area contributed by atoms with Crippen molar-refractivity contribution in [3.63, 3.8) is 0 Å². The molecule has 0 bridgehead atoms. The number of hydrogen-bond acceptors (Lipinski definition) is 16. The second-order valence-electron chi connectivity index (χ2n) is 23.0. The first-order valence-corrected chi connectivity index (χ1v) is 70.6. The molecule has 0 saturated carbocycles. The molecule has 4 aliphatic heterocycles. The highest BCUT2D eigenvalue weighted by molar-refractivity contribution is 8.03. The first-order chi connectivity index (χ1) is 26.3. The van der Waals surface area contributed by atoms with Crippen molar-refractivity contribution in [2.45, 2.75) is 183 Å². The van der Waals surface area contributed by atoms with E-state index in [0.29, 0.717) is 0 Å². The normalized spacial score (nSPS) is 33.6. The van der Waals surface area contributed by atoms with Gasteiger partial charge in [-0.05, 0) is 183 Å². The fourth-order valence-electron chi connectivity index (χ4n) is 11.9. The van der Waals surface area contributed by atoms with Crippen molar-refractivity contribution in [1.29, 1.82) is 0 Å². The third-order valence-electron chi connectivity index (χ3n) is 10.2. The lowest BCUT2D eigenvalue weighted by atomic mass is 11.9. The van der Waals surface area contributed by atoms with Crippen LogP contribution in [0.25, 0.3) is 0 Å². The monoisotopic (exact) mass is 1150 g/mol. The van der Waals surface area contributed by atoms with Gasteiger partial charge < -0.3 is 65.8 Å². The third kappa shape index (κ3) is 12.9. The van der Waals surface area contributed by atoms with Crippen molar-refractivity contribution in [2.24, 2.45) is 0 Å². The van der Waals surface area contributed by atoms with Crippen LogP contribution in [0, 0.1) is 0 Å². The van der Waals surface area contributed by atoms with Gasteiger partial charge in [-0.15, -0.1) is 0 Å². The average molecular weight is 1150 g/mol. The van der Waals surface area contributed by atoms with Gasteiger partial charge in [-0.2, -0.15) is 0 Å². The molecule has 0 unspecified atom stereocenters. The molecule has 4 heterocycles. The highest BCUT2D eigenvalue weighted by Gasteiger charge is 2.94.